The summed E-state index contributed by atoms with van der Waals surface area (Å²) in [5.41, 5.74) is 0. The molecule has 0 fully saturated rings. The first-order chi connectivity index (χ1) is 7.48. The molecule has 0 aromatic rings. The Labute approximate surface area is 133 Å². The van der Waals surface area contributed by atoms with Crippen LogP contribution in [0.15, 0.2) is 0 Å². The average molecular weight is 415 g/mol. The van der Waals surface area contributed by atoms with Crippen molar-refractivity contribution in [2.45, 2.75) is 77.8 Å². The van der Waals surface area contributed by atoms with Gasteiger partial charge in [-0.05, 0) is 22.5 Å². The third kappa shape index (κ3) is 6.17. The topological polar surface area (TPSA) is 23.9 Å². The Morgan fingerprint density at radius 3 is 0.778 bits per heavy atom. The van der Waals surface area contributed by atoms with Gasteiger partial charge in [-0.2, -0.15) is 0 Å². The molecule has 111 valence electrons. The molecule has 0 aliphatic heterocycles. The molecule has 0 spiro atoms. The van der Waals surface area contributed by atoms with Gasteiger partial charge in [0, 0.05) is 0 Å². The molecule has 1 nitrogen and oxygen atoms in total. The fraction of sp³-hybridized carbons (Fsp3) is 1.00. The van der Waals surface area contributed by atoms with Gasteiger partial charge >= 0.3 is 43.7 Å². The molecule has 0 aromatic heterocycles. The maximum atomic E-state index is 8.99. The van der Waals surface area contributed by atoms with Crippen LogP contribution in [0.1, 0.15) is 62.3 Å². The first-order valence-corrected chi connectivity index (χ1v) is 17.2. The predicted octanol–water partition coefficient (Wildman–Crippen LogP) is 7.23. The Kier molecular flexibility index (Phi) is 9.04. The van der Waals surface area contributed by atoms with Crippen LogP contribution in [0.2, 0.25) is 0 Å². The molecule has 0 rings (SSSR count). The van der Waals surface area contributed by atoms with Crippen LogP contribution in [0.4, 0.5) is 0 Å². The zero-order valence-electron chi connectivity index (χ0n) is 13.1. The normalized spacial score (nSPS) is 13.8. The summed E-state index contributed by atoms with van der Waals surface area (Å²) in [6, 6.07) is 0. The summed E-state index contributed by atoms with van der Waals surface area (Å²) in [7, 11) is 13.2. The van der Waals surface area contributed by atoms with Crippen LogP contribution in [0.3, 0.4) is 0 Å². The Balaban J connectivity index is 0. The van der Waals surface area contributed by atoms with E-state index in [1.54, 1.807) is 0 Å². The van der Waals surface area contributed by atoms with E-state index in [9.17, 15) is 0 Å². The molecular weight excluding hydrogens is 387 g/mol. The van der Waals surface area contributed by atoms with Crippen LogP contribution < -0.4 is 0 Å². The number of hydrogen-bond acceptors (Lipinski definition) is 1. The molecule has 0 radical (unpaired) electrons. The second kappa shape index (κ2) is 7.31. The Morgan fingerprint density at radius 2 is 0.778 bits per heavy atom. The van der Waals surface area contributed by atoms with E-state index in [0.29, 0.717) is 0 Å². The number of hydrogen-bond donors (Lipinski definition) is 1. The quantitative estimate of drug-likeness (QED) is 0.404. The summed E-state index contributed by atoms with van der Waals surface area (Å²) in [5, 5.41) is 9.29. The fourth-order valence-electron chi connectivity index (χ4n) is 3.02. The maximum absolute atomic E-state index is 8.99. The molecule has 0 heterocycles. The van der Waals surface area contributed by atoms with Gasteiger partial charge in [0.1, 0.15) is 0 Å². The third-order valence-corrected chi connectivity index (χ3v) is 9.06. The van der Waals surface area contributed by atoms with Crippen LogP contribution >= 0.6 is 32.6 Å². The van der Waals surface area contributed by atoms with E-state index in [0.717, 1.165) is 0 Å². The molecule has 1 N–H and O–H groups in total. The minimum absolute atomic E-state index is 0.101. The second-order valence-corrected chi connectivity index (χ2v) is 24.0. The van der Waals surface area contributed by atoms with Crippen molar-refractivity contribution in [2.75, 3.05) is 0 Å². The van der Waals surface area contributed by atoms with E-state index in [2.05, 4.69) is 62.3 Å². The summed E-state index contributed by atoms with van der Waals surface area (Å²) < 4.78 is 0. The van der Waals surface area contributed by atoms with Gasteiger partial charge in [0.25, 0.3) is 0 Å². The Morgan fingerprint density at radius 1 is 0.667 bits per heavy atom. The summed E-state index contributed by atoms with van der Waals surface area (Å²) in [6.45, 7) is 20.0. The van der Waals surface area contributed by atoms with E-state index in [4.69, 9.17) is 30.7 Å². The summed E-state index contributed by atoms with van der Waals surface area (Å²) >= 11 is -2.13. The standard InChI is InChI=1S/C12H28NP.3ClH.Zr/c1-10(2,3)14(13,11(4,5)6)12(7,8)9;;;;/h13H,1-9H3;3*1H;/q;;;;+3/p-3. The van der Waals surface area contributed by atoms with Gasteiger partial charge in [-0.25, -0.2) is 0 Å². The third-order valence-electron chi connectivity index (χ3n) is 3.02. The van der Waals surface area contributed by atoms with Gasteiger partial charge < -0.3 is 5.16 Å². The number of rotatable bonds is 0. The van der Waals surface area contributed by atoms with Gasteiger partial charge in [-0.3, -0.25) is 0 Å². The summed E-state index contributed by atoms with van der Waals surface area (Å²) in [6.07, 6.45) is 0. The molecule has 0 bridgehead atoms. The Hall–Kier alpha value is 1.98. The average Bonchev–Trinajstić information content (AvgIpc) is 1.94. The molecule has 18 heavy (non-hydrogen) atoms. The Bertz CT molecular complexity index is 252. The van der Waals surface area contributed by atoms with Gasteiger partial charge in [0.05, 0.1) is 0 Å². The molecule has 0 aliphatic carbocycles. The van der Waals surface area contributed by atoms with Gasteiger partial charge in [0.15, 0.2) is 0 Å². The van der Waals surface area contributed by atoms with Crippen molar-refractivity contribution in [2.24, 2.45) is 0 Å². The van der Waals surface area contributed by atoms with Crippen molar-refractivity contribution in [3.05, 3.63) is 0 Å². The zero-order valence-corrected chi connectivity index (χ0v) is 18.7. The van der Waals surface area contributed by atoms with E-state index in [1.807, 2.05) is 0 Å². The van der Waals surface area contributed by atoms with Gasteiger partial charge in [0.2, 0.25) is 0 Å². The van der Waals surface area contributed by atoms with Crippen molar-refractivity contribution in [3.8, 4) is 0 Å². The molecule has 6 heteroatoms. The monoisotopic (exact) mass is 412 g/mol. The molecule has 0 saturated heterocycles. The van der Waals surface area contributed by atoms with Crippen LogP contribution in [0.5, 0.6) is 0 Å². The fourth-order valence-corrected chi connectivity index (χ4v) is 9.06. The molecule has 0 unspecified atom stereocenters. The molecule has 0 aliphatic rings. The van der Waals surface area contributed by atoms with Crippen LogP contribution in [0, 0.1) is 5.16 Å². The zero-order chi connectivity index (χ0) is 15.6. The first kappa shape index (κ1) is 22.3. The summed E-state index contributed by atoms with van der Waals surface area (Å²) in [5.74, 6) is 0. The molecule has 0 atom stereocenters. The van der Waals surface area contributed by atoms with Gasteiger partial charge in [-0.15, -0.1) is 0 Å². The van der Waals surface area contributed by atoms with Crippen molar-refractivity contribution in [3.63, 3.8) is 0 Å². The number of halogens is 3. The van der Waals surface area contributed by atoms with Crippen molar-refractivity contribution in [1.29, 1.82) is 5.16 Å². The molecule has 0 amide bonds. The summed E-state index contributed by atoms with van der Waals surface area (Å²) in [4.78, 5) is 0. The molecular formula is C12H28Cl3NPZr. The van der Waals surface area contributed by atoms with Crippen LogP contribution in [-0.4, -0.2) is 15.5 Å². The van der Waals surface area contributed by atoms with Crippen molar-refractivity contribution in [1.82, 2.24) is 0 Å². The van der Waals surface area contributed by atoms with Gasteiger partial charge in [-0.1, -0.05) is 62.3 Å². The van der Waals surface area contributed by atoms with Crippen molar-refractivity contribution >= 4 is 32.6 Å². The van der Waals surface area contributed by atoms with E-state index in [-0.39, 0.29) is 15.5 Å². The van der Waals surface area contributed by atoms with E-state index in [1.165, 1.54) is 0 Å². The minimum atomic E-state index is -2.13. The van der Waals surface area contributed by atoms with Crippen LogP contribution in [0.25, 0.3) is 0 Å². The predicted molar refractivity (Wildman–Crippen MR) is 86.5 cm³/mol. The van der Waals surface area contributed by atoms with E-state index < -0.39 is 25.2 Å². The number of nitrogens with one attached hydrogen (secondary N) is 1. The van der Waals surface area contributed by atoms with Crippen molar-refractivity contribution < 1.29 is 18.2 Å². The van der Waals surface area contributed by atoms with Crippen LogP contribution in [-0.2, 0) is 18.2 Å². The van der Waals surface area contributed by atoms with E-state index >= 15 is 0 Å². The molecule has 0 saturated carbocycles. The SMILES string of the molecule is CC(C)(C)P(=N)(C(C)(C)C)C(C)(C)C.[Cl][Zr]([Cl])[Cl]. The second-order valence-electron chi connectivity index (χ2n) is 7.40. The first-order valence-electron chi connectivity index (χ1n) is 5.96. The molecule has 0 aromatic carbocycles.